The molecule has 0 heterocycles. The molecule has 0 unspecified atom stereocenters. The lowest BCUT2D eigenvalue weighted by Crippen LogP contribution is -2.30. The Morgan fingerprint density at radius 3 is 2.55 bits per heavy atom. The maximum atomic E-state index is 11.4. The third-order valence-corrected chi connectivity index (χ3v) is 2.98. The van der Waals surface area contributed by atoms with E-state index >= 15 is 0 Å². The molecule has 0 spiro atoms. The zero-order chi connectivity index (χ0) is 15.0. The molecule has 1 rings (SSSR count). The van der Waals surface area contributed by atoms with Crippen LogP contribution in [0.1, 0.15) is 32.8 Å². The van der Waals surface area contributed by atoms with Crippen LogP contribution in [0.3, 0.4) is 0 Å². The first-order valence-corrected chi connectivity index (χ1v) is 7.08. The molecule has 0 radical (unpaired) electrons. The number of nitrogens with one attached hydrogen (secondary N) is 2. The number of hydrogen-bond donors (Lipinski definition) is 2. The smallest absolute Gasteiger partial charge is 0.221 e. The lowest BCUT2D eigenvalue weighted by atomic mass is 9.86. The molecule has 2 N–H and O–H groups in total. The SMILES string of the molecule is CNCCC(=O)NCCOc1ccccc1C(C)(C)C. The van der Waals surface area contributed by atoms with Crippen molar-refractivity contribution in [3.63, 3.8) is 0 Å². The normalized spacial score (nSPS) is 11.2. The van der Waals surface area contributed by atoms with Crippen LogP contribution >= 0.6 is 0 Å². The number of carbonyl (C=O) groups is 1. The van der Waals surface area contributed by atoms with E-state index in [4.69, 9.17) is 4.74 Å². The van der Waals surface area contributed by atoms with Crippen molar-refractivity contribution in [2.45, 2.75) is 32.6 Å². The first-order valence-electron chi connectivity index (χ1n) is 7.08. The van der Waals surface area contributed by atoms with E-state index in [-0.39, 0.29) is 11.3 Å². The van der Waals surface area contributed by atoms with Crippen LogP contribution in [0.2, 0.25) is 0 Å². The molecule has 20 heavy (non-hydrogen) atoms. The number of hydrogen-bond acceptors (Lipinski definition) is 3. The van der Waals surface area contributed by atoms with E-state index in [0.717, 1.165) is 5.75 Å². The number of carbonyl (C=O) groups excluding carboxylic acids is 1. The number of para-hydroxylation sites is 1. The molecule has 4 nitrogen and oxygen atoms in total. The van der Waals surface area contributed by atoms with Gasteiger partial charge in [-0.2, -0.15) is 0 Å². The Labute approximate surface area is 121 Å². The Bertz CT molecular complexity index is 425. The van der Waals surface area contributed by atoms with Gasteiger partial charge in [-0.05, 0) is 24.1 Å². The molecule has 0 bridgehead atoms. The summed E-state index contributed by atoms with van der Waals surface area (Å²) in [7, 11) is 1.83. The molecular formula is C16H26N2O2. The molecule has 0 fully saturated rings. The second-order valence-electron chi connectivity index (χ2n) is 5.80. The quantitative estimate of drug-likeness (QED) is 0.751. The van der Waals surface area contributed by atoms with Gasteiger partial charge in [0.1, 0.15) is 12.4 Å². The first kappa shape index (κ1) is 16.5. The van der Waals surface area contributed by atoms with Crippen LogP contribution in [0.25, 0.3) is 0 Å². The highest BCUT2D eigenvalue weighted by atomic mass is 16.5. The highest BCUT2D eigenvalue weighted by Crippen LogP contribution is 2.30. The van der Waals surface area contributed by atoms with Gasteiger partial charge >= 0.3 is 0 Å². The van der Waals surface area contributed by atoms with E-state index in [0.29, 0.717) is 26.1 Å². The van der Waals surface area contributed by atoms with Gasteiger partial charge in [-0.1, -0.05) is 39.0 Å². The summed E-state index contributed by atoms with van der Waals surface area (Å²) >= 11 is 0. The molecular weight excluding hydrogens is 252 g/mol. The fourth-order valence-corrected chi connectivity index (χ4v) is 1.89. The predicted octanol–water partition coefficient (Wildman–Crippen LogP) is 2.09. The summed E-state index contributed by atoms with van der Waals surface area (Å²) in [6, 6.07) is 8.05. The van der Waals surface area contributed by atoms with Crippen LogP contribution in [-0.2, 0) is 10.2 Å². The van der Waals surface area contributed by atoms with Crippen LogP contribution in [0.5, 0.6) is 5.75 Å². The molecule has 4 heteroatoms. The van der Waals surface area contributed by atoms with Crippen LogP contribution in [0.4, 0.5) is 0 Å². The average Bonchev–Trinajstić information content (AvgIpc) is 2.40. The van der Waals surface area contributed by atoms with Crippen molar-refractivity contribution in [1.82, 2.24) is 10.6 Å². The highest BCUT2D eigenvalue weighted by molar-refractivity contribution is 5.76. The molecule has 0 aliphatic heterocycles. The molecule has 0 saturated carbocycles. The van der Waals surface area contributed by atoms with Crippen LogP contribution in [0, 0.1) is 0 Å². The van der Waals surface area contributed by atoms with Crippen molar-refractivity contribution >= 4 is 5.91 Å². The van der Waals surface area contributed by atoms with Crippen LogP contribution < -0.4 is 15.4 Å². The maximum Gasteiger partial charge on any atom is 0.221 e. The Balaban J connectivity index is 2.41. The van der Waals surface area contributed by atoms with E-state index in [1.807, 2.05) is 25.2 Å². The average molecular weight is 278 g/mol. The minimum Gasteiger partial charge on any atom is -0.491 e. The summed E-state index contributed by atoms with van der Waals surface area (Å²) in [5.74, 6) is 0.941. The molecule has 1 aromatic carbocycles. The maximum absolute atomic E-state index is 11.4. The first-order chi connectivity index (χ1) is 9.45. The fraction of sp³-hybridized carbons (Fsp3) is 0.562. The summed E-state index contributed by atoms with van der Waals surface area (Å²) in [5, 5.41) is 5.79. The summed E-state index contributed by atoms with van der Waals surface area (Å²) in [6.45, 7) is 8.19. The number of ether oxygens (including phenoxy) is 1. The van der Waals surface area contributed by atoms with Gasteiger partial charge in [0, 0.05) is 13.0 Å². The van der Waals surface area contributed by atoms with Crippen molar-refractivity contribution in [2.24, 2.45) is 0 Å². The van der Waals surface area contributed by atoms with Gasteiger partial charge in [0.25, 0.3) is 0 Å². The molecule has 1 aromatic rings. The Morgan fingerprint density at radius 2 is 1.90 bits per heavy atom. The molecule has 0 aromatic heterocycles. The Hall–Kier alpha value is -1.55. The van der Waals surface area contributed by atoms with E-state index in [2.05, 4.69) is 37.5 Å². The van der Waals surface area contributed by atoms with Gasteiger partial charge in [-0.15, -0.1) is 0 Å². The lowest BCUT2D eigenvalue weighted by molar-refractivity contribution is -0.121. The van der Waals surface area contributed by atoms with Gasteiger partial charge in [0.15, 0.2) is 0 Å². The van der Waals surface area contributed by atoms with E-state index in [9.17, 15) is 4.79 Å². The molecule has 0 aliphatic rings. The van der Waals surface area contributed by atoms with Gasteiger partial charge in [0.2, 0.25) is 5.91 Å². The van der Waals surface area contributed by atoms with Crippen molar-refractivity contribution in [3.05, 3.63) is 29.8 Å². The largest absolute Gasteiger partial charge is 0.491 e. The minimum atomic E-state index is 0.0482. The second kappa shape index (κ2) is 7.90. The second-order valence-corrected chi connectivity index (χ2v) is 5.80. The van der Waals surface area contributed by atoms with Gasteiger partial charge in [-0.3, -0.25) is 4.79 Å². The topological polar surface area (TPSA) is 50.4 Å². The molecule has 1 amide bonds. The highest BCUT2D eigenvalue weighted by Gasteiger charge is 2.18. The zero-order valence-corrected chi connectivity index (χ0v) is 13.0. The van der Waals surface area contributed by atoms with E-state index in [1.165, 1.54) is 5.56 Å². The Morgan fingerprint density at radius 1 is 1.20 bits per heavy atom. The van der Waals surface area contributed by atoms with Gasteiger partial charge < -0.3 is 15.4 Å². The van der Waals surface area contributed by atoms with Crippen LogP contribution in [-0.4, -0.2) is 32.7 Å². The molecule has 0 saturated heterocycles. The monoisotopic (exact) mass is 278 g/mol. The summed E-state index contributed by atoms with van der Waals surface area (Å²) < 4.78 is 5.79. The lowest BCUT2D eigenvalue weighted by Gasteiger charge is -2.22. The fourth-order valence-electron chi connectivity index (χ4n) is 1.89. The molecule has 0 atom stereocenters. The number of rotatable bonds is 7. The summed E-state index contributed by atoms with van der Waals surface area (Å²) in [5.41, 5.74) is 1.23. The van der Waals surface area contributed by atoms with Crippen LogP contribution in [0.15, 0.2) is 24.3 Å². The van der Waals surface area contributed by atoms with Crippen molar-refractivity contribution < 1.29 is 9.53 Å². The van der Waals surface area contributed by atoms with Crippen molar-refractivity contribution in [2.75, 3.05) is 26.7 Å². The minimum absolute atomic E-state index is 0.0482. The van der Waals surface area contributed by atoms with Crippen molar-refractivity contribution in [1.29, 1.82) is 0 Å². The van der Waals surface area contributed by atoms with Gasteiger partial charge in [-0.25, -0.2) is 0 Å². The summed E-state index contributed by atoms with van der Waals surface area (Å²) in [6.07, 6.45) is 0.495. The third-order valence-electron chi connectivity index (χ3n) is 2.98. The predicted molar refractivity (Wildman–Crippen MR) is 82.2 cm³/mol. The standard InChI is InChI=1S/C16H26N2O2/c1-16(2,3)13-7-5-6-8-14(13)20-12-11-18-15(19)9-10-17-4/h5-8,17H,9-12H2,1-4H3,(H,18,19). The van der Waals surface area contributed by atoms with Gasteiger partial charge in [0.05, 0.1) is 6.54 Å². The molecule has 0 aliphatic carbocycles. The van der Waals surface area contributed by atoms with Crippen molar-refractivity contribution in [3.8, 4) is 5.75 Å². The van der Waals surface area contributed by atoms with E-state index in [1.54, 1.807) is 0 Å². The summed E-state index contributed by atoms with van der Waals surface area (Å²) in [4.78, 5) is 11.4. The third kappa shape index (κ3) is 5.61. The Kier molecular flexibility index (Phi) is 6.52. The number of amides is 1. The molecule has 112 valence electrons. The number of benzene rings is 1. The van der Waals surface area contributed by atoms with E-state index < -0.39 is 0 Å². The zero-order valence-electron chi connectivity index (χ0n) is 13.0.